The van der Waals surface area contributed by atoms with Crippen molar-refractivity contribution in [2.75, 3.05) is 6.54 Å². The van der Waals surface area contributed by atoms with E-state index in [-0.39, 0.29) is 6.10 Å². The molecule has 0 fully saturated rings. The summed E-state index contributed by atoms with van der Waals surface area (Å²) in [4.78, 5) is 4.53. The van der Waals surface area contributed by atoms with E-state index < -0.39 is 0 Å². The second-order valence-electron chi connectivity index (χ2n) is 6.09. The molecule has 0 amide bonds. The van der Waals surface area contributed by atoms with Crippen LogP contribution >= 0.6 is 0 Å². The van der Waals surface area contributed by atoms with Crippen molar-refractivity contribution in [2.24, 2.45) is 4.99 Å². The van der Waals surface area contributed by atoms with E-state index in [1.165, 1.54) is 11.1 Å². The van der Waals surface area contributed by atoms with Crippen LogP contribution in [0.4, 0.5) is 0 Å². The molecule has 1 heterocycles. The van der Waals surface area contributed by atoms with E-state index in [4.69, 9.17) is 4.74 Å². The lowest BCUT2D eigenvalue weighted by atomic mass is 9.98. The van der Waals surface area contributed by atoms with Gasteiger partial charge in [-0.1, -0.05) is 79.4 Å². The Hall–Kier alpha value is -3.13. The standard InChI is InChI=1S/C23H19NO/c1-17(22-16-24-23(25-22)21-10-6-3-7-11-21)18-12-14-20(15-13-18)19-8-4-2-5-9-19/h2-15,22H,1,16H2. The Kier molecular flexibility index (Phi) is 4.17. The molecule has 0 bridgehead atoms. The lowest BCUT2D eigenvalue weighted by Crippen LogP contribution is -2.15. The van der Waals surface area contributed by atoms with Crippen molar-refractivity contribution in [1.82, 2.24) is 0 Å². The van der Waals surface area contributed by atoms with Gasteiger partial charge in [-0.15, -0.1) is 0 Å². The van der Waals surface area contributed by atoms with Crippen molar-refractivity contribution in [1.29, 1.82) is 0 Å². The predicted molar refractivity (Wildman–Crippen MR) is 104 cm³/mol. The van der Waals surface area contributed by atoms with Gasteiger partial charge in [0.05, 0.1) is 6.54 Å². The van der Waals surface area contributed by atoms with E-state index in [1.54, 1.807) is 0 Å². The fourth-order valence-electron chi connectivity index (χ4n) is 2.99. The van der Waals surface area contributed by atoms with Crippen molar-refractivity contribution < 1.29 is 4.74 Å². The average molecular weight is 325 g/mol. The third kappa shape index (κ3) is 3.24. The van der Waals surface area contributed by atoms with Gasteiger partial charge in [-0.25, -0.2) is 4.99 Å². The third-order valence-electron chi connectivity index (χ3n) is 4.43. The summed E-state index contributed by atoms with van der Waals surface area (Å²) in [5, 5.41) is 0. The van der Waals surface area contributed by atoms with Crippen LogP contribution in [0.1, 0.15) is 11.1 Å². The van der Waals surface area contributed by atoms with Gasteiger partial charge in [0.1, 0.15) is 6.10 Å². The predicted octanol–water partition coefficient (Wildman–Crippen LogP) is 5.21. The summed E-state index contributed by atoms with van der Waals surface area (Å²) in [6.07, 6.45) is -0.0993. The Morgan fingerprint density at radius 2 is 1.32 bits per heavy atom. The molecule has 2 heteroatoms. The molecule has 1 atom stereocenters. The monoisotopic (exact) mass is 325 g/mol. The minimum Gasteiger partial charge on any atom is -0.467 e. The highest BCUT2D eigenvalue weighted by Crippen LogP contribution is 2.27. The summed E-state index contributed by atoms with van der Waals surface area (Å²) in [5.41, 5.74) is 5.48. The van der Waals surface area contributed by atoms with E-state index in [1.807, 2.05) is 36.4 Å². The van der Waals surface area contributed by atoms with Crippen molar-refractivity contribution in [3.63, 3.8) is 0 Å². The van der Waals surface area contributed by atoms with Gasteiger partial charge in [0.15, 0.2) is 0 Å². The molecule has 1 aliphatic rings. The van der Waals surface area contributed by atoms with Gasteiger partial charge in [-0.2, -0.15) is 0 Å². The molecule has 0 saturated heterocycles. The van der Waals surface area contributed by atoms with Crippen molar-refractivity contribution in [2.45, 2.75) is 6.10 Å². The largest absolute Gasteiger partial charge is 0.467 e. The zero-order valence-electron chi connectivity index (χ0n) is 13.9. The van der Waals surface area contributed by atoms with Gasteiger partial charge in [-0.05, 0) is 34.4 Å². The summed E-state index contributed by atoms with van der Waals surface area (Å²) in [7, 11) is 0. The van der Waals surface area contributed by atoms with Crippen molar-refractivity contribution >= 4 is 11.5 Å². The number of rotatable bonds is 4. The molecule has 122 valence electrons. The highest BCUT2D eigenvalue weighted by molar-refractivity contribution is 5.96. The van der Waals surface area contributed by atoms with Crippen LogP contribution < -0.4 is 0 Å². The van der Waals surface area contributed by atoms with Gasteiger partial charge in [0.25, 0.3) is 0 Å². The van der Waals surface area contributed by atoms with Crippen LogP contribution in [0.15, 0.2) is 96.5 Å². The first-order valence-electron chi connectivity index (χ1n) is 8.42. The normalized spacial score (nSPS) is 16.2. The SMILES string of the molecule is C=C(c1ccc(-c2ccccc2)cc1)C1CN=C(c2ccccc2)O1. The van der Waals surface area contributed by atoms with Gasteiger partial charge in [0.2, 0.25) is 5.90 Å². The number of nitrogens with zero attached hydrogens (tertiary/aromatic N) is 1. The first-order chi connectivity index (χ1) is 12.3. The minimum atomic E-state index is -0.0993. The quantitative estimate of drug-likeness (QED) is 0.645. The fourth-order valence-corrected chi connectivity index (χ4v) is 2.99. The molecule has 0 radical (unpaired) electrons. The molecule has 0 aromatic heterocycles. The molecule has 1 aliphatic heterocycles. The van der Waals surface area contributed by atoms with Crippen LogP contribution in [-0.4, -0.2) is 18.5 Å². The summed E-state index contributed by atoms with van der Waals surface area (Å²) in [5.74, 6) is 0.702. The van der Waals surface area contributed by atoms with E-state index in [0.717, 1.165) is 16.7 Å². The van der Waals surface area contributed by atoms with Gasteiger partial charge in [-0.3, -0.25) is 0 Å². The molecule has 4 rings (SSSR count). The van der Waals surface area contributed by atoms with E-state index in [0.29, 0.717) is 12.4 Å². The number of hydrogen-bond donors (Lipinski definition) is 0. The van der Waals surface area contributed by atoms with Crippen molar-refractivity contribution in [3.8, 4) is 11.1 Å². The van der Waals surface area contributed by atoms with Crippen LogP contribution in [0, 0.1) is 0 Å². The van der Waals surface area contributed by atoms with E-state index in [2.05, 4.69) is 60.1 Å². The molecule has 0 aliphatic carbocycles. The van der Waals surface area contributed by atoms with Gasteiger partial charge in [0, 0.05) is 5.56 Å². The van der Waals surface area contributed by atoms with E-state index >= 15 is 0 Å². The Labute approximate surface area is 148 Å². The lowest BCUT2D eigenvalue weighted by molar-refractivity contribution is 0.284. The summed E-state index contributed by atoms with van der Waals surface area (Å²) >= 11 is 0. The molecule has 0 spiro atoms. The number of hydrogen-bond acceptors (Lipinski definition) is 2. The molecule has 0 N–H and O–H groups in total. The first-order valence-corrected chi connectivity index (χ1v) is 8.42. The van der Waals surface area contributed by atoms with Gasteiger partial charge < -0.3 is 4.74 Å². The Balaban J connectivity index is 1.47. The van der Waals surface area contributed by atoms with Crippen LogP contribution in [0.25, 0.3) is 16.7 Å². The molecule has 25 heavy (non-hydrogen) atoms. The lowest BCUT2D eigenvalue weighted by Gasteiger charge is -2.15. The molecule has 0 saturated carbocycles. The summed E-state index contributed by atoms with van der Waals surface area (Å²) in [6.45, 7) is 4.85. The maximum absolute atomic E-state index is 6.03. The minimum absolute atomic E-state index is 0.0993. The zero-order valence-corrected chi connectivity index (χ0v) is 13.9. The molecular formula is C23H19NO. The average Bonchev–Trinajstić information content (AvgIpc) is 3.19. The zero-order chi connectivity index (χ0) is 17.1. The first kappa shape index (κ1) is 15.4. The van der Waals surface area contributed by atoms with Gasteiger partial charge >= 0.3 is 0 Å². The number of aliphatic imine (C=N–C) groups is 1. The molecule has 3 aromatic rings. The third-order valence-corrected chi connectivity index (χ3v) is 4.43. The Morgan fingerprint density at radius 1 is 0.760 bits per heavy atom. The van der Waals surface area contributed by atoms with Crippen molar-refractivity contribution in [3.05, 3.63) is 103 Å². The van der Waals surface area contributed by atoms with Crippen LogP contribution in [0.3, 0.4) is 0 Å². The maximum Gasteiger partial charge on any atom is 0.216 e. The highest BCUT2D eigenvalue weighted by Gasteiger charge is 2.24. The summed E-state index contributed by atoms with van der Waals surface area (Å²) < 4.78 is 6.03. The van der Waals surface area contributed by atoms with E-state index in [9.17, 15) is 0 Å². The molecule has 2 nitrogen and oxygen atoms in total. The molecule has 1 unspecified atom stereocenters. The molecule has 3 aromatic carbocycles. The Bertz CT molecular complexity index is 896. The topological polar surface area (TPSA) is 21.6 Å². The maximum atomic E-state index is 6.03. The Morgan fingerprint density at radius 3 is 1.96 bits per heavy atom. The second-order valence-corrected chi connectivity index (χ2v) is 6.09. The number of ether oxygens (including phenoxy) is 1. The molecular weight excluding hydrogens is 306 g/mol. The van der Waals surface area contributed by atoms with Crippen LogP contribution in [0.5, 0.6) is 0 Å². The summed E-state index contributed by atoms with van der Waals surface area (Å²) in [6, 6.07) is 28.8. The van der Waals surface area contributed by atoms with Crippen LogP contribution in [0.2, 0.25) is 0 Å². The number of benzene rings is 3. The van der Waals surface area contributed by atoms with Crippen LogP contribution in [-0.2, 0) is 4.74 Å². The smallest absolute Gasteiger partial charge is 0.216 e. The fraction of sp³-hybridized carbons (Fsp3) is 0.0870. The highest BCUT2D eigenvalue weighted by atomic mass is 16.5. The second kappa shape index (κ2) is 6.78.